The van der Waals surface area contributed by atoms with Gasteiger partial charge in [0, 0.05) is 6.26 Å². The number of fused-ring (bicyclic) bond motifs is 3. The minimum Gasteiger partial charge on any atom is -0.748 e. The van der Waals surface area contributed by atoms with E-state index in [9.17, 15) is 4.79 Å². The fourth-order valence-electron chi connectivity index (χ4n) is 10.1. The van der Waals surface area contributed by atoms with Crippen molar-refractivity contribution in [1.29, 1.82) is 0 Å². The highest BCUT2D eigenvalue weighted by atomic mass is 32.2. The van der Waals surface area contributed by atoms with E-state index in [-0.39, 0.29) is 29.3 Å². The molecular formula is C74H82O8S2. The van der Waals surface area contributed by atoms with E-state index in [1.54, 1.807) is 12.1 Å². The van der Waals surface area contributed by atoms with Gasteiger partial charge in [-0.2, -0.15) is 0 Å². The first-order valence-electron chi connectivity index (χ1n) is 29.2. The van der Waals surface area contributed by atoms with Gasteiger partial charge in [0.1, 0.15) is 23.4 Å². The molecule has 9 aromatic carbocycles. The van der Waals surface area contributed by atoms with Crippen molar-refractivity contribution < 1.29 is 37.1 Å². The standard InChI is InChI=1S/C25H26O2.C24H25O2S.C14H14.C10H14O.CH4O3S/c1-4-17(2)19-13-15-20(16-14-19)26-18(3)27-25-23-11-7-5-9-21(23)22-10-6-8-12-24(22)25;1-4-24(2,3)23(25)26-19-15-17-22(18-16-19)27(20-11-7-5-8-12-20)21-13-9-6-10-14-21;1-9-10(2)13-8-4-6-11-5-3-7-12(9)14(11)13;1-3-8(2)9-4-6-10(11)7-5-9;1-5(2,3)4/h5-18,25H,4H2,1-3H3;5-18H,4H2,1-3H3;3-10H,1-2H3;4-8,11H,3H2,1-2H3;1H3,(H,2,3,4)/q;+1;;;/p-1. The summed E-state index contributed by atoms with van der Waals surface area (Å²) in [5.74, 6) is 4.10. The highest BCUT2D eigenvalue weighted by Gasteiger charge is 2.32. The fourth-order valence-corrected chi connectivity index (χ4v) is 12.2. The molecule has 0 spiro atoms. The van der Waals surface area contributed by atoms with Crippen molar-refractivity contribution in [2.45, 2.75) is 139 Å². The van der Waals surface area contributed by atoms with Gasteiger partial charge < -0.3 is 23.9 Å². The van der Waals surface area contributed by atoms with Crippen molar-refractivity contribution in [3.05, 3.63) is 252 Å². The maximum atomic E-state index is 12.3. The smallest absolute Gasteiger partial charge is 0.316 e. The third-order valence-corrected chi connectivity index (χ3v) is 18.1. The molecule has 2 aliphatic carbocycles. The quantitative estimate of drug-likeness (QED) is 0.0376. The molecule has 84 heavy (non-hydrogen) atoms. The Kier molecular flexibility index (Phi) is 22.8. The van der Waals surface area contributed by atoms with Crippen LogP contribution >= 0.6 is 0 Å². The largest absolute Gasteiger partial charge is 0.748 e. The maximum Gasteiger partial charge on any atom is 0.316 e. The number of aromatic hydroxyl groups is 1. The second-order valence-corrected chi connectivity index (χ2v) is 25.7. The number of hydrogen-bond acceptors (Lipinski definition) is 8. The molecule has 0 bridgehead atoms. The molecule has 0 heterocycles. The van der Waals surface area contributed by atoms with Crippen molar-refractivity contribution >= 4 is 37.8 Å². The molecule has 438 valence electrons. The maximum absolute atomic E-state index is 12.3. The number of benzene rings is 9. The first-order chi connectivity index (χ1) is 40.2. The van der Waals surface area contributed by atoms with Crippen LogP contribution in [0.1, 0.15) is 152 Å². The van der Waals surface area contributed by atoms with Gasteiger partial charge in [-0.25, -0.2) is 8.42 Å². The second kappa shape index (κ2) is 29.9. The Labute approximate surface area is 503 Å². The highest BCUT2D eigenvalue weighted by molar-refractivity contribution is 7.97. The van der Waals surface area contributed by atoms with Gasteiger partial charge in [-0.05, 0) is 192 Å². The van der Waals surface area contributed by atoms with Gasteiger partial charge in [0.05, 0.1) is 26.4 Å². The Morgan fingerprint density at radius 1 is 0.548 bits per heavy atom. The Morgan fingerprint density at radius 2 is 0.940 bits per heavy atom. The second-order valence-electron chi connectivity index (χ2n) is 22.3. The third-order valence-electron chi connectivity index (χ3n) is 15.9. The summed E-state index contributed by atoms with van der Waals surface area (Å²) in [4.78, 5) is 16.0. The molecule has 8 nitrogen and oxygen atoms in total. The Balaban J connectivity index is 0.000000165. The van der Waals surface area contributed by atoms with E-state index in [0.29, 0.717) is 41.4 Å². The molecule has 5 unspecified atom stereocenters. The normalized spacial score (nSPS) is 15.0. The minimum atomic E-state index is -3.92. The first kappa shape index (κ1) is 64.1. The lowest BCUT2D eigenvalue weighted by molar-refractivity contribution is -0.144. The molecule has 0 saturated carbocycles. The van der Waals surface area contributed by atoms with Crippen LogP contribution in [0.5, 0.6) is 17.2 Å². The summed E-state index contributed by atoms with van der Waals surface area (Å²) < 4.78 is 45.2. The summed E-state index contributed by atoms with van der Waals surface area (Å²) in [6, 6.07) is 75.0. The lowest BCUT2D eigenvalue weighted by Crippen LogP contribution is -2.28. The zero-order valence-electron chi connectivity index (χ0n) is 50.5. The van der Waals surface area contributed by atoms with Gasteiger partial charge in [0.25, 0.3) is 0 Å². The van der Waals surface area contributed by atoms with Crippen molar-refractivity contribution in [2.75, 3.05) is 6.26 Å². The van der Waals surface area contributed by atoms with Crippen molar-refractivity contribution in [3.63, 3.8) is 0 Å². The van der Waals surface area contributed by atoms with Crippen LogP contribution in [0, 0.1) is 5.41 Å². The number of esters is 1. The number of carbonyl (C=O) groups excluding carboxylic acids is 1. The zero-order chi connectivity index (χ0) is 60.6. The zero-order valence-corrected chi connectivity index (χ0v) is 52.1. The molecule has 0 radical (unpaired) electrons. The van der Waals surface area contributed by atoms with Crippen LogP contribution in [0.4, 0.5) is 0 Å². The Hall–Kier alpha value is -7.47. The molecule has 0 fully saturated rings. The number of hydrogen-bond donors (Lipinski definition) is 1. The summed E-state index contributed by atoms with van der Waals surface area (Å²) in [7, 11) is -4.11. The van der Waals surface area contributed by atoms with Crippen LogP contribution in [-0.4, -0.2) is 36.6 Å². The first-order valence-corrected chi connectivity index (χ1v) is 32.2. The number of ether oxygens (including phenoxy) is 3. The van der Waals surface area contributed by atoms with Crippen LogP contribution in [0.25, 0.3) is 21.9 Å². The van der Waals surface area contributed by atoms with Gasteiger partial charge in [-0.1, -0.05) is 194 Å². The molecule has 5 atom stereocenters. The molecule has 2 aliphatic rings. The highest BCUT2D eigenvalue weighted by Crippen LogP contribution is 2.47. The molecule has 0 aromatic heterocycles. The molecule has 0 amide bonds. The molecule has 0 aliphatic heterocycles. The van der Waals surface area contributed by atoms with Crippen LogP contribution < -0.4 is 9.47 Å². The van der Waals surface area contributed by atoms with Gasteiger partial charge in [-0.3, -0.25) is 4.79 Å². The van der Waals surface area contributed by atoms with E-state index in [1.165, 1.54) is 70.0 Å². The van der Waals surface area contributed by atoms with Gasteiger partial charge in [0.15, 0.2) is 21.0 Å². The molecule has 9 aromatic rings. The molecule has 10 heteroatoms. The van der Waals surface area contributed by atoms with E-state index >= 15 is 0 Å². The topological polar surface area (TPSA) is 122 Å². The van der Waals surface area contributed by atoms with E-state index in [0.717, 1.165) is 25.0 Å². The summed E-state index contributed by atoms with van der Waals surface area (Å²) in [5, 5.41) is 11.9. The molecule has 1 N–H and O–H groups in total. The third kappa shape index (κ3) is 17.1. The van der Waals surface area contributed by atoms with Crippen LogP contribution in [0.2, 0.25) is 0 Å². The summed E-state index contributed by atoms with van der Waals surface area (Å²) in [5.41, 5.74) is 10.2. The van der Waals surface area contributed by atoms with Gasteiger partial charge in [-0.15, -0.1) is 0 Å². The SMILES string of the molecule is CC1c2cccc3cccc(c23)C1C.CCC(C)(C)C(=O)Oc1ccc([S+](c2ccccc2)c2ccccc2)cc1.CCC(C)c1ccc(O)cc1.CCC(C)c1ccc(OC(C)OC2c3ccccc3-c3ccccc32)cc1.CS(=O)(=O)[O-]. The average Bonchev–Trinajstić information content (AvgIpc) is 1.85. The molecular weight excluding hydrogens is 1080 g/mol. The van der Waals surface area contributed by atoms with Crippen LogP contribution in [-0.2, 0) is 30.5 Å². The monoisotopic (exact) mass is 1160 g/mol. The van der Waals surface area contributed by atoms with Gasteiger partial charge >= 0.3 is 5.97 Å². The number of rotatable bonds is 14. The minimum absolute atomic E-state index is 0.0909. The van der Waals surface area contributed by atoms with E-state index in [1.807, 2.05) is 76.2 Å². The number of phenols is 1. The average molecular weight is 1160 g/mol. The van der Waals surface area contributed by atoms with Crippen molar-refractivity contribution in [1.82, 2.24) is 0 Å². The predicted molar refractivity (Wildman–Crippen MR) is 344 cm³/mol. The van der Waals surface area contributed by atoms with E-state index in [4.69, 9.17) is 32.3 Å². The summed E-state index contributed by atoms with van der Waals surface area (Å²) in [6.07, 6.45) is 3.20. The number of phenolic OH excluding ortho intramolecular Hbond substituents is 1. The number of carbonyl (C=O) groups is 1. The van der Waals surface area contributed by atoms with Crippen molar-refractivity contribution in [2.24, 2.45) is 5.41 Å². The fraction of sp³-hybridized carbons (Fsp3) is 0.284. The van der Waals surface area contributed by atoms with Crippen molar-refractivity contribution in [3.8, 4) is 28.4 Å². The van der Waals surface area contributed by atoms with E-state index < -0.39 is 15.5 Å². The van der Waals surface area contributed by atoms with Crippen LogP contribution in [0.3, 0.4) is 0 Å². The lowest BCUT2D eigenvalue weighted by Gasteiger charge is -2.22. The summed E-state index contributed by atoms with van der Waals surface area (Å²) in [6.45, 7) is 21.3. The Morgan fingerprint density at radius 3 is 1.38 bits per heavy atom. The molecule has 11 rings (SSSR count). The molecule has 0 saturated heterocycles. The predicted octanol–water partition coefficient (Wildman–Crippen LogP) is 19.0. The summed E-state index contributed by atoms with van der Waals surface area (Å²) >= 11 is 0. The van der Waals surface area contributed by atoms with Crippen LogP contribution in [0.15, 0.2) is 233 Å². The Bertz CT molecular complexity index is 3490. The van der Waals surface area contributed by atoms with E-state index in [2.05, 4.69) is 199 Å². The lowest BCUT2D eigenvalue weighted by atomic mass is 9.91. The van der Waals surface area contributed by atoms with Gasteiger partial charge in [0.2, 0.25) is 0 Å².